The fourth-order valence-corrected chi connectivity index (χ4v) is 3.27. The predicted molar refractivity (Wildman–Crippen MR) is 105 cm³/mol. The van der Waals surface area contributed by atoms with E-state index in [1.54, 1.807) is 4.90 Å². The smallest absolute Gasteiger partial charge is 0.410 e. The van der Waals surface area contributed by atoms with E-state index in [1.165, 1.54) is 0 Å². The molecule has 1 amide bonds. The third-order valence-corrected chi connectivity index (χ3v) is 4.59. The molecule has 0 spiro atoms. The van der Waals surface area contributed by atoms with Gasteiger partial charge in [0, 0.05) is 19.6 Å². The molecule has 2 aliphatic rings. The van der Waals surface area contributed by atoms with Crippen LogP contribution in [0.15, 0.2) is 29.3 Å². The number of rotatable bonds is 4. The van der Waals surface area contributed by atoms with Gasteiger partial charge < -0.3 is 24.6 Å². The molecular weight excluding hydrogens is 344 g/mol. The van der Waals surface area contributed by atoms with Crippen LogP contribution in [-0.2, 0) is 4.74 Å². The molecule has 0 aliphatic carbocycles. The van der Waals surface area contributed by atoms with E-state index < -0.39 is 5.60 Å². The minimum Gasteiger partial charge on any atom is -0.491 e. The van der Waals surface area contributed by atoms with Gasteiger partial charge in [-0.05, 0) is 39.3 Å². The average Bonchev–Trinajstić information content (AvgIpc) is 3.01. The highest BCUT2D eigenvalue weighted by Crippen LogP contribution is 2.19. The van der Waals surface area contributed by atoms with Crippen LogP contribution in [0.2, 0.25) is 0 Å². The minimum absolute atomic E-state index is 0.214. The molecule has 0 radical (unpaired) electrons. The summed E-state index contributed by atoms with van der Waals surface area (Å²) in [6, 6.07) is 8.22. The van der Waals surface area contributed by atoms with Crippen molar-refractivity contribution in [3.05, 3.63) is 29.8 Å². The molecule has 7 heteroatoms. The molecule has 1 N–H and O–H groups in total. The van der Waals surface area contributed by atoms with E-state index in [1.807, 2.05) is 52.0 Å². The van der Waals surface area contributed by atoms with E-state index in [-0.39, 0.29) is 12.1 Å². The number of carbonyl (C=O) groups is 1. The Morgan fingerprint density at radius 3 is 2.81 bits per heavy atom. The number of carbonyl (C=O) groups excluding carboxylic acids is 1. The third-order valence-electron chi connectivity index (χ3n) is 4.59. The van der Waals surface area contributed by atoms with Crippen molar-refractivity contribution in [2.24, 2.45) is 4.99 Å². The van der Waals surface area contributed by atoms with Gasteiger partial charge >= 0.3 is 6.09 Å². The van der Waals surface area contributed by atoms with Crippen LogP contribution < -0.4 is 10.1 Å². The molecule has 1 aromatic carbocycles. The fourth-order valence-electron chi connectivity index (χ4n) is 3.27. The molecule has 1 atom stereocenters. The Morgan fingerprint density at radius 1 is 1.30 bits per heavy atom. The molecule has 1 fully saturated rings. The van der Waals surface area contributed by atoms with Crippen molar-refractivity contribution in [3.63, 3.8) is 0 Å². The predicted octanol–water partition coefficient (Wildman–Crippen LogP) is 2.25. The molecule has 1 aromatic rings. The van der Waals surface area contributed by atoms with E-state index in [4.69, 9.17) is 9.47 Å². The SMILES string of the molecule is Cc1ccccc1OCCNC1=NCC2CN(C(=O)OC(C)(C)C)CCN12. The number of aliphatic imine (C=N–C) groups is 1. The van der Waals surface area contributed by atoms with Crippen LogP contribution in [-0.4, -0.2) is 72.8 Å². The molecule has 0 aromatic heterocycles. The number of para-hydroxylation sites is 1. The first-order valence-corrected chi connectivity index (χ1v) is 9.55. The second-order valence-corrected chi connectivity index (χ2v) is 7.98. The van der Waals surface area contributed by atoms with Crippen LogP contribution in [0.5, 0.6) is 5.75 Å². The largest absolute Gasteiger partial charge is 0.491 e. The number of ether oxygens (including phenoxy) is 2. The number of aryl methyl sites for hydroxylation is 1. The summed E-state index contributed by atoms with van der Waals surface area (Å²) in [5.74, 6) is 1.81. The van der Waals surface area contributed by atoms with Crippen molar-refractivity contribution in [1.82, 2.24) is 15.1 Å². The summed E-state index contributed by atoms with van der Waals surface area (Å²) in [5, 5.41) is 3.37. The third kappa shape index (κ3) is 5.05. The van der Waals surface area contributed by atoms with Crippen molar-refractivity contribution in [1.29, 1.82) is 0 Å². The zero-order chi connectivity index (χ0) is 19.4. The Hall–Kier alpha value is -2.44. The van der Waals surface area contributed by atoms with E-state index in [0.717, 1.165) is 23.8 Å². The second-order valence-electron chi connectivity index (χ2n) is 7.98. The minimum atomic E-state index is -0.468. The summed E-state index contributed by atoms with van der Waals surface area (Å²) in [6.45, 7) is 11.7. The lowest BCUT2D eigenvalue weighted by atomic mass is 10.2. The highest BCUT2D eigenvalue weighted by molar-refractivity contribution is 5.82. The lowest BCUT2D eigenvalue weighted by Gasteiger charge is -2.39. The Balaban J connectivity index is 1.42. The first-order valence-electron chi connectivity index (χ1n) is 9.55. The number of fused-ring (bicyclic) bond motifs is 1. The number of nitrogens with one attached hydrogen (secondary N) is 1. The van der Waals surface area contributed by atoms with Crippen LogP contribution in [0.4, 0.5) is 4.79 Å². The maximum Gasteiger partial charge on any atom is 0.410 e. The lowest BCUT2D eigenvalue weighted by molar-refractivity contribution is 0.0137. The summed E-state index contributed by atoms with van der Waals surface area (Å²) in [5.41, 5.74) is 0.665. The van der Waals surface area contributed by atoms with Gasteiger partial charge in [0.25, 0.3) is 0 Å². The highest BCUT2D eigenvalue weighted by Gasteiger charge is 2.36. The van der Waals surface area contributed by atoms with Crippen molar-refractivity contribution < 1.29 is 14.3 Å². The molecule has 148 valence electrons. The maximum atomic E-state index is 12.3. The van der Waals surface area contributed by atoms with Crippen molar-refractivity contribution in [3.8, 4) is 5.75 Å². The van der Waals surface area contributed by atoms with E-state index in [0.29, 0.717) is 32.8 Å². The Bertz CT molecular complexity index is 699. The molecule has 1 saturated heterocycles. The molecule has 0 bridgehead atoms. The van der Waals surface area contributed by atoms with E-state index >= 15 is 0 Å². The summed E-state index contributed by atoms with van der Waals surface area (Å²) in [4.78, 5) is 20.9. The molecule has 3 rings (SSSR count). The lowest BCUT2D eigenvalue weighted by Crippen LogP contribution is -2.57. The van der Waals surface area contributed by atoms with Crippen LogP contribution in [0, 0.1) is 6.92 Å². The van der Waals surface area contributed by atoms with Crippen LogP contribution in [0.25, 0.3) is 0 Å². The Kier molecular flexibility index (Phi) is 5.77. The van der Waals surface area contributed by atoms with E-state index in [2.05, 4.69) is 15.2 Å². The monoisotopic (exact) mass is 374 g/mol. The molecule has 1 unspecified atom stereocenters. The zero-order valence-corrected chi connectivity index (χ0v) is 16.7. The second kappa shape index (κ2) is 8.06. The van der Waals surface area contributed by atoms with Gasteiger partial charge in [0.2, 0.25) is 0 Å². The highest BCUT2D eigenvalue weighted by atomic mass is 16.6. The Labute approximate surface area is 161 Å². The van der Waals surface area contributed by atoms with Crippen LogP contribution in [0.1, 0.15) is 26.3 Å². The Morgan fingerprint density at radius 2 is 2.07 bits per heavy atom. The first kappa shape index (κ1) is 19.3. The molecule has 0 saturated carbocycles. The van der Waals surface area contributed by atoms with Crippen molar-refractivity contribution >= 4 is 12.1 Å². The van der Waals surface area contributed by atoms with Gasteiger partial charge in [-0.25, -0.2) is 4.79 Å². The zero-order valence-electron chi connectivity index (χ0n) is 16.7. The van der Waals surface area contributed by atoms with Crippen LogP contribution >= 0.6 is 0 Å². The molecule has 2 aliphatic heterocycles. The summed E-state index contributed by atoms with van der Waals surface area (Å²) >= 11 is 0. The normalized spacial score (nSPS) is 19.4. The van der Waals surface area contributed by atoms with Crippen LogP contribution in [0.3, 0.4) is 0 Å². The quantitative estimate of drug-likeness (QED) is 0.819. The van der Waals surface area contributed by atoms with E-state index in [9.17, 15) is 4.79 Å². The van der Waals surface area contributed by atoms with Gasteiger partial charge in [0.05, 0.1) is 19.1 Å². The standard InChI is InChI=1S/C20H30N4O3/c1-15-7-5-6-8-17(15)26-12-9-21-18-22-13-16-14-23(10-11-24(16)18)19(25)27-20(2,3)4/h5-8,16H,9-14H2,1-4H3,(H,21,22). The van der Waals surface area contributed by atoms with Crippen molar-refractivity contribution in [2.45, 2.75) is 39.3 Å². The number of hydrogen-bond donors (Lipinski definition) is 1. The molecule has 27 heavy (non-hydrogen) atoms. The van der Waals surface area contributed by atoms with Gasteiger partial charge in [-0.3, -0.25) is 4.99 Å². The summed E-state index contributed by atoms with van der Waals surface area (Å²) < 4.78 is 11.3. The van der Waals surface area contributed by atoms with Crippen molar-refractivity contribution in [2.75, 3.05) is 39.3 Å². The van der Waals surface area contributed by atoms with Gasteiger partial charge in [-0.15, -0.1) is 0 Å². The number of piperazine rings is 1. The maximum absolute atomic E-state index is 12.3. The molecule has 7 nitrogen and oxygen atoms in total. The molecule has 2 heterocycles. The first-order chi connectivity index (χ1) is 12.8. The molecular formula is C20H30N4O3. The van der Waals surface area contributed by atoms with Gasteiger partial charge in [0.1, 0.15) is 18.0 Å². The van der Waals surface area contributed by atoms with Gasteiger partial charge in [0.15, 0.2) is 5.96 Å². The number of benzene rings is 1. The van der Waals surface area contributed by atoms with Gasteiger partial charge in [-0.1, -0.05) is 18.2 Å². The summed E-state index contributed by atoms with van der Waals surface area (Å²) in [7, 11) is 0. The number of nitrogens with zero attached hydrogens (tertiary/aromatic N) is 3. The summed E-state index contributed by atoms with van der Waals surface area (Å²) in [6.07, 6.45) is -0.241. The van der Waals surface area contributed by atoms with Gasteiger partial charge in [-0.2, -0.15) is 0 Å². The number of amides is 1. The average molecular weight is 374 g/mol. The number of hydrogen-bond acceptors (Lipinski definition) is 6. The number of guanidine groups is 1. The fraction of sp³-hybridized carbons (Fsp3) is 0.600. The topological polar surface area (TPSA) is 66.4 Å².